The molecule has 0 aliphatic carbocycles. The summed E-state index contributed by atoms with van der Waals surface area (Å²) in [4.78, 5) is 4.19. The van der Waals surface area contributed by atoms with E-state index in [4.69, 9.17) is 0 Å². The molecule has 0 N–H and O–H groups in total. The maximum Gasteiger partial charge on any atom is 0.145 e. The van der Waals surface area contributed by atoms with Gasteiger partial charge in [0.25, 0.3) is 0 Å². The van der Waals surface area contributed by atoms with Gasteiger partial charge < -0.3 is 0 Å². The maximum absolute atomic E-state index is 13.4. The van der Waals surface area contributed by atoms with Crippen LogP contribution in [-0.2, 0) is 0 Å². The molecular weight excluding hydrogens is 173 g/mol. The second-order valence-corrected chi connectivity index (χ2v) is 3.98. The van der Waals surface area contributed by atoms with Crippen molar-refractivity contribution in [2.75, 3.05) is 0 Å². The number of rotatable bonds is 0. The van der Waals surface area contributed by atoms with E-state index in [2.05, 4.69) is 4.98 Å². The van der Waals surface area contributed by atoms with Crippen LogP contribution in [0.5, 0.6) is 0 Å². The van der Waals surface area contributed by atoms with Crippen LogP contribution in [0.3, 0.4) is 0 Å². The lowest BCUT2D eigenvalue weighted by atomic mass is 10.2. The van der Waals surface area contributed by atoms with Crippen LogP contribution in [0.25, 0.3) is 10.2 Å². The lowest BCUT2D eigenvalue weighted by Gasteiger charge is -1.94. The van der Waals surface area contributed by atoms with Gasteiger partial charge in [-0.3, -0.25) is 0 Å². The molecule has 0 spiro atoms. The van der Waals surface area contributed by atoms with Gasteiger partial charge in [0.05, 0.1) is 15.2 Å². The molecule has 0 atom stereocenters. The van der Waals surface area contributed by atoms with Crippen molar-refractivity contribution in [1.82, 2.24) is 4.98 Å². The zero-order valence-electron chi connectivity index (χ0n) is 6.89. The Bertz CT molecular complexity index is 433. The second kappa shape index (κ2) is 2.52. The number of thiazole rings is 1. The van der Waals surface area contributed by atoms with E-state index in [-0.39, 0.29) is 5.82 Å². The molecule has 62 valence electrons. The van der Waals surface area contributed by atoms with Gasteiger partial charge in [0.1, 0.15) is 5.82 Å². The Kier molecular flexibility index (Phi) is 1.61. The van der Waals surface area contributed by atoms with Crippen molar-refractivity contribution in [3.63, 3.8) is 0 Å². The summed E-state index contributed by atoms with van der Waals surface area (Å²) in [6.07, 6.45) is 0. The highest BCUT2D eigenvalue weighted by molar-refractivity contribution is 7.18. The molecule has 0 fully saturated rings. The first kappa shape index (κ1) is 7.68. The standard InChI is InChI=1S/C9H8FNS/c1-5-3-4-7-9(8(5)10)12-6(2)11-7/h3-4H,1-2H3. The Balaban J connectivity index is 2.89. The molecule has 1 aromatic heterocycles. The summed E-state index contributed by atoms with van der Waals surface area (Å²) in [6, 6.07) is 3.62. The van der Waals surface area contributed by atoms with Gasteiger partial charge in [-0.05, 0) is 25.5 Å². The Labute approximate surface area is 73.9 Å². The van der Waals surface area contributed by atoms with Crippen LogP contribution in [-0.4, -0.2) is 4.98 Å². The quantitative estimate of drug-likeness (QED) is 0.608. The molecule has 0 unspecified atom stereocenters. The zero-order valence-corrected chi connectivity index (χ0v) is 7.70. The van der Waals surface area contributed by atoms with Crippen LogP contribution in [0.2, 0.25) is 0 Å². The van der Waals surface area contributed by atoms with Gasteiger partial charge in [-0.2, -0.15) is 0 Å². The summed E-state index contributed by atoms with van der Waals surface area (Å²) in [6.45, 7) is 3.66. The molecule has 1 aromatic carbocycles. The predicted molar refractivity (Wildman–Crippen MR) is 49.1 cm³/mol. The van der Waals surface area contributed by atoms with E-state index in [0.717, 1.165) is 10.5 Å². The highest BCUT2D eigenvalue weighted by atomic mass is 32.1. The van der Waals surface area contributed by atoms with Crippen molar-refractivity contribution in [3.8, 4) is 0 Å². The molecule has 0 aliphatic heterocycles. The van der Waals surface area contributed by atoms with Crippen molar-refractivity contribution in [3.05, 3.63) is 28.5 Å². The lowest BCUT2D eigenvalue weighted by Crippen LogP contribution is -1.80. The minimum Gasteiger partial charge on any atom is -0.241 e. The maximum atomic E-state index is 13.4. The van der Waals surface area contributed by atoms with E-state index in [9.17, 15) is 4.39 Å². The molecule has 3 heteroatoms. The Hall–Kier alpha value is -0.960. The molecule has 1 heterocycles. The molecule has 0 saturated carbocycles. The van der Waals surface area contributed by atoms with Crippen molar-refractivity contribution in [2.45, 2.75) is 13.8 Å². The van der Waals surface area contributed by atoms with E-state index in [1.165, 1.54) is 11.3 Å². The smallest absolute Gasteiger partial charge is 0.145 e. The third kappa shape index (κ3) is 1.01. The Morgan fingerprint density at radius 2 is 2.08 bits per heavy atom. The number of benzene rings is 1. The number of halogens is 1. The predicted octanol–water partition coefficient (Wildman–Crippen LogP) is 3.05. The topological polar surface area (TPSA) is 12.9 Å². The first-order valence-electron chi connectivity index (χ1n) is 3.71. The van der Waals surface area contributed by atoms with E-state index in [1.54, 1.807) is 13.0 Å². The largest absolute Gasteiger partial charge is 0.241 e. The molecule has 2 aromatic rings. The number of hydrogen-bond donors (Lipinski definition) is 0. The van der Waals surface area contributed by atoms with Crippen molar-refractivity contribution >= 4 is 21.6 Å². The number of fused-ring (bicyclic) bond motifs is 1. The SMILES string of the molecule is Cc1nc2ccc(C)c(F)c2s1. The molecule has 1 nitrogen and oxygen atoms in total. The van der Waals surface area contributed by atoms with E-state index in [1.807, 2.05) is 13.0 Å². The highest BCUT2D eigenvalue weighted by Gasteiger charge is 2.07. The molecule has 0 amide bonds. The first-order chi connectivity index (χ1) is 5.68. The molecule has 0 bridgehead atoms. The van der Waals surface area contributed by atoms with Gasteiger partial charge in [-0.1, -0.05) is 6.07 Å². The molecule has 0 saturated heterocycles. The van der Waals surface area contributed by atoms with Gasteiger partial charge in [0.2, 0.25) is 0 Å². The fourth-order valence-corrected chi connectivity index (χ4v) is 2.08. The lowest BCUT2D eigenvalue weighted by molar-refractivity contribution is 0.632. The van der Waals surface area contributed by atoms with Gasteiger partial charge in [0, 0.05) is 0 Å². The first-order valence-corrected chi connectivity index (χ1v) is 4.52. The van der Waals surface area contributed by atoms with Crippen LogP contribution in [0.15, 0.2) is 12.1 Å². The number of hydrogen-bond acceptors (Lipinski definition) is 2. The van der Waals surface area contributed by atoms with Gasteiger partial charge >= 0.3 is 0 Å². The fraction of sp³-hybridized carbons (Fsp3) is 0.222. The summed E-state index contributed by atoms with van der Waals surface area (Å²) < 4.78 is 14.1. The van der Waals surface area contributed by atoms with Crippen LogP contribution in [0.1, 0.15) is 10.6 Å². The van der Waals surface area contributed by atoms with Crippen molar-refractivity contribution in [2.24, 2.45) is 0 Å². The Morgan fingerprint density at radius 3 is 2.83 bits per heavy atom. The summed E-state index contributed by atoms with van der Waals surface area (Å²) in [5.74, 6) is -0.127. The van der Waals surface area contributed by atoms with Crippen molar-refractivity contribution in [1.29, 1.82) is 0 Å². The zero-order chi connectivity index (χ0) is 8.72. The normalized spacial score (nSPS) is 10.9. The van der Waals surface area contributed by atoms with Gasteiger partial charge in [-0.25, -0.2) is 9.37 Å². The van der Waals surface area contributed by atoms with E-state index in [0.29, 0.717) is 10.3 Å². The fourth-order valence-electron chi connectivity index (χ4n) is 1.17. The monoisotopic (exact) mass is 181 g/mol. The minimum absolute atomic E-state index is 0.127. The van der Waals surface area contributed by atoms with Crippen LogP contribution in [0, 0.1) is 19.7 Å². The van der Waals surface area contributed by atoms with Crippen LogP contribution >= 0.6 is 11.3 Å². The van der Waals surface area contributed by atoms with E-state index < -0.39 is 0 Å². The minimum atomic E-state index is -0.127. The van der Waals surface area contributed by atoms with E-state index >= 15 is 0 Å². The molecule has 12 heavy (non-hydrogen) atoms. The molecule has 0 radical (unpaired) electrons. The molecular formula is C9H8FNS. The highest BCUT2D eigenvalue weighted by Crippen LogP contribution is 2.25. The number of nitrogens with zero attached hydrogens (tertiary/aromatic N) is 1. The summed E-state index contributed by atoms with van der Waals surface area (Å²) >= 11 is 1.41. The van der Waals surface area contributed by atoms with Crippen molar-refractivity contribution < 1.29 is 4.39 Å². The third-order valence-corrected chi connectivity index (χ3v) is 2.78. The summed E-state index contributed by atoms with van der Waals surface area (Å²) in [7, 11) is 0. The molecule has 0 aliphatic rings. The number of aromatic nitrogens is 1. The Morgan fingerprint density at radius 1 is 1.33 bits per heavy atom. The second-order valence-electron chi connectivity index (χ2n) is 2.78. The van der Waals surface area contributed by atoms with Crippen LogP contribution in [0.4, 0.5) is 4.39 Å². The number of aryl methyl sites for hydroxylation is 2. The summed E-state index contributed by atoms with van der Waals surface area (Å²) in [5.41, 5.74) is 1.45. The van der Waals surface area contributed by atoms with Crippen LogP contribution < -0.4 is 0 Å². The average molecular weight is 181 g/mol. The van der Waals surface area contributed by atoms with Gasteiger partial charge in [-0.15, -0.1) is 11.3 Å². The summed E-state index contributed by atoms with van der Waals surface area (Å²) in [5, 5.41) is 0.912. The third-order valence-electron chi connectivity index (χ3n) is 1.80. The average Bonchev–Trinajstić information content (AvgIpc) is 2.39. The molecule has 2 rings (SSSR count). The van der Waals surface area contributed by atoms with Gasteiger partial charge in [0.15, 0.2) is 0 Å².